The van der Waals surface area contributed by atoms with Crippen LogP contribution in [0, 0.1) is 5.92 Å². The summed E-state index contributed by atoms with van der Waals surface area (Å²) in [5.41, 5.74) is 2.03. The van der Waals surface area contributed by atoms with Gasteiger partial charge in [-0.1, -0.05) is 13.5 Å². The van der Waals surface area contributed by atoms with Crippen LogP contribution in [-0.2, 0) is 0 Å². The van der Waals surface area contributed by atoms with E-state index in [-0.39, 0.29) is 0 Å². The molecule has 0 unspecified atom stereocenters. The molecule has 0 spiro atoms. The van der Waals surface area contributed by atoms with Crippen molar-refractivity contribution in [2.75, 3.05) is 31.4 Å². The normalized spacial score (nSPS) is 21.0. The highest BCUT2D eigenvalue weighted by molar-refractivity contribution is 5.81. The molecule has 0 saturated heterocycles. The maximum absolute atomic E-state index is 4.44. The Hall–Kier alpha value is -2.04. The Bertz CT molecular complexity index is 517. The highest BCUT2D eigenvalue weighted by atomic mass is 15.2. The first-order chi connectivity index (χ1) is 10.0. The van der Waals surface area contributed by atoms with Crippen molar-refractivity contribution in [2.45, 2.75) is 25.8 Å². The Balaban J connectivity index is 2.31. The number of rotatable bonds is 6. The third kappa shape index (κ3) is 3.54. The summed E-state index contributed by atoms with van der Waals surface area (Å²) < 4.78 is 0. The van der Waals surface area contributed by atoms with Crippen LogP contribution in [0.2, 0.25) is 0 Å². The second-order valence-corrected chi connectivity index (χ2v) is 5.93. The molecule has 2 rings (SSSR count). The number of pyridine rings is 1. The summed E-state index contributed by atoms with van der Waals surface area (Å²) in [6.45, 7) is 6.06. The molecule has 1 heterocycles. The lowest BCUT2D eigenvalue weighted by Gasteiger charge is -2.41. The minimum Gasteiger partial charge on any atom is -0.370 e. The zero-order valence-corrected chi connectivity index (χ0v) is 13.4. The van der Waals surface area contributed by atoms with Gasteiger partial charge in [-0.25, -0.2) is 9.98 Å². The molecule has 1 aliphatic carbocycles. The van der Waals surface area contributed by atoms with Crippen LogP contribution < -0.4 is 10.2 Å². The van der Waals surface area contributed by atoms with Gasteiger partial charge >= 0.3 is 0 Å². The standard InChI is InChI=1S/C16H25N5/c1-6-17-15-14(21(5)13-9-12(2)10-13)7-8-18-16(15)19-11-20(3)4/h6-8,11-13,17H,1,9-10H2,2-5H3. The van der Waals surface area contributed by atoms with Crippen molar-refractivity contribution in [1.29, 1.82) is 0 Å². The Kier molecular flexibility index (Phi) is 4.83. The average Bonchev–Trinajstić information content (AvgIpc) is 2.42. The van der Waals surface area contributed by atoms with E-state index in [0.29, 0.717) is 11.9 Å². The second kappa shape index (κ2) is 6.61. The van der Waals surface area contributed by atoms with Crippen LogP contribution >= 0.6 is 0 Å². The Labute approximate surface area is 127 Å². The molecule has 114 valence electrons. The fourth-order valence-electron chi connectivity index (χ4n) is 2.62. The van der Waals surface area contributed by atoms with Gasteiger partial charge in [0.1, 0.15) is 5.69 Å². The predicted molar refractivity (Wildman–Crippen MR) is 90.5 cm³/mol. The van der Waals surface area contributed by atoms with Crippen LogP contribution in [0.15, 0.2) is 30.0 Å². The number of hydrogen-bond donors (Lipinski definition) is 1. The quantitative estimate of drug-likeness (QED) is 0.645. The minimum atomic E-state index is 0.596. The van der Waals surface area contributed by atoms with E-state index in [4.69, 9.17) is 0 Å². The number of aliphatic imine (C=N–C) groups is 1. The fraction of sp³-hybridized carbons (Fsp3) is 0.500. The van der Waals surface area contributed by atoms with E-state index < -0.39 is 0 Å². The molecule has 5 nitrogen and oxygen atoms in total. The van der Waals surface area contributed by atoms with Gasteiger partial charge in [-0.2, -0.15) is 0 Å². The summed E-state index contributed by atoms with van der Waals surface area (Å²) in [4.78, 5) is 13.0. The van der Waals surface area contributed by atoms with E-state index in [0.717, 1.165) is 17.3 Å². The van der Waals surface area contributed by atoms with Crippen molar-refractivity contribution < 1.29 is 0 Å². The van der Waals surface area contributed by atoms with Crippen LogP contribution in [0.1, 0.15) is 19.8 Å². The smallest absolute Gasteiger partial charge is 0.179 e. The van der Waals surface area contributed by atoms with Crippen LogP contribution in [-0.4, -0.2) is 43.4 Å². The SMILES string of the molecule is C=CNc1c(N(C)C2CC(C)C2)ccnc1N=CN(C)C. The minimum absolute atomic E-state index is 0.596. The summed E-state index contributed by atoms with van der Waals surface area (Å²) >= 11 is 0. The van der Waals surface area contributed by atoms with Crippen molar-refractivity contribution in [3.8, 4) is 0 Å². The molecule has 1 aromatic rings. The van der Waals surface area contributed by atoms with E-state index in [1.54, 1.807) is 12.5 Å². The van der Waals surface area contributed by atoms with Crippen molar-refractivity contribution in [3.63, 3.8) is 0 Å². The van der Waals surface area contributed by atoms with E-state index in [1.807, 2.05) is 31.3 Å². The molecule has 0 aliphatic heterocycles. The average molecular weight is 287 g/mol. The Morgan fingerprint density at radius 3 is 2.67 bits per heavy atom. The number of anilines is 2. The van der Waals surface area contributed by atoms with Crippen molar-refractivity contribution in [1.82, 2.24) is 9.88 Å². The van der Waals surface area contributed by atoms with Gasteiger partial charge in [-0.15, -0.1) is 0 Å². The molecule has 0 bridgehead atoms. The third-order valence-electron chi connectivity index (χ3n) is 3.84. The molecule has 21 heavy (non-hydrogen) atoms. The highest BCUT2D eigenvalue weighted by Gasteiger charge is 2.30. The summed E-state index contributed by atoms with van der Waals surface area (Å²) in [5.74, 6) is 1.50. The van der Waals surface area contributed by atoms with Crippen molar-refractivity contribution >= 4 is 23.5 Å². The first-order valence-corrected chi connectivity index (χ1v) is 7.32. The maximum atomic E-state index is 4.44. The number of hydrogen-bond acceptors (Lipinski definition) is 4. The van der Waals surface area contributed by atoms with Gasteiger partial charge in [0.25, 0.3) is 0 Å². The first kappa shape index (κ1) is 15.4. The zero-order chi connectivity index (χ0) is 15.4. The molecule has 5 heteroatoms. The Morgan fingerprint density at radius 1 is 1.38 bits per heavy atom. The summed E-state index contributed by atoms with van der Waals surface area (Å²) in [7, 11) is 6.02. The van der Waals surface area contributed by atoms with Crippen LogP contribution in [0.4, 0.5) is 17.2 Å². The van der Waals surface area contributed by atoms with E-state index >= 15 is 0 Å². The van der Waals surface area contributed by atoms with E-state index in [9.17, 15) is 0 Å². The molecule has 0 atom stereocenters. The predicted octanol–water partition coefficient (Wildman–Crippen LogP) is 3.09. The van der Waals surface area contributed by atoms with Crippen LogP contribution in [0.5, 0.6) is 0 Å². The summed E-state index contributed by atoms with van der Waals surface area (Å²) in [6.07, 6.45) is 7.72. The summed E-state index contributed by atoms with van der Waals surface area (Å²) in [6, 6.07) is 2.63. The number of aromatic nitrogens is 1. The van der Waals surface area contributed by atoms with Crippen molar-refractivity contribution in [3.05, 3.63) is 25.0 Å². The molecule has 1 aliphatic rings. The topological polar surface area (TPSA) is 43.8 Å². The lowest BCUT2D eigenvalue weighted by molar-refractivity contribution is 0.281. The number of nitrogens with one attached hydrogen (secondary N) is 1. The molecule has 1 saturated carbocycles. The second-order valence-electron chi connectivity index (χ2n) is 5.93. The van der Waals surface area contributed by atoms with Gasteiger partial charge in [-0.05, 0) is 31.0 Å². The lowest BCUT2D eigenvalue weighted by Crippen LogP contribution is -2.41. The molecule has 0 amide bonds. The molecule has 0 radical (unpaired) electrons. The molecule has 0 aromatic carbocycles. The molecular formula is C16H25N5. The zero-order valence-electron chi connectivity index (χ0n) is 13.4. The molecule has 1 fully saturated rings. The van der Waals surface area contributed by atoms with Gasteiger partial charge in [0.05, 0.1) is 12.0 Å². The van der Waals surface area contributed by atoms with E-state index in [2.05, 4.69) is 40.7 Å². The molecule has 1 N–H and O–H groups in total. The highest BCUT2D eigenvalue weighted by Crippen LogP contribution is 2.39. The largest absolute Gasteiger partial charge is 0.370 e. The van der Waals surface area contributed by atoms with Crippen LogP contribution in [0.3, 0.4) is 0 Å². The van der Waals surface area contributed by atoms with Crippen molar-refractivity contribution in [2.24, 2.45) is 10.9 Å². The van der Waals surface area contributed by atoms with Gasteiger partial charge < -0.3 is 15.1 Å². The van der Waals surface area contributed by atoms with Crippen LogP contribution in [0.25, 0.3) is 0 Å². The monoisotopic (exact) mass is 287 g/mol. The van der Waals surface area contributed by atoms with Gasteiger partial charge in [-0.3, -0.25) is 0 Å². The molecular weight excluding hydrogens is 262 g/mol. The summed E-state index contributed by atoms with van der Waals surface area (Å²) in [5, 5.41) is 3.19. The van der Waals surface area contributed by atoms with Gasteiger partial charge in [0, 0.05) is 33.4 Å². The lowest BCUT2D eigenvalue weighted by atomic mass is 9.81. The van der Waals surface area contributed by atoms with Gasteiger partial charge in [0.15, 0.2) is 5.82 Å². The third-order valence-corrected chi connectivity index (χ3v) is 3.84. The Morgan fingerprint density at radius 2 is 2.10 bits per heavy atom. The fourth-order valence-corrected chi connectivity index (χ4v) is 2.62. The number of nitrogens with zero attached hydrogens (tertiary/aromatic N) is 4. The maximum Gasteiger partial charge on any atom is 0.179 e. The van der Waals surface area contributed by atoms with Gasteiger partial charge in [0.2, 0.25) is 0 Å². The van der Waals surface area contributed by atoms with E-state index in [1.165, 1.54) is 12.8 Å². The molecule has 1 aromatic heterocycles. The first-order valence-electron chi connectivity index (χ1n) is 7.32.